The summed E-state index contributed by atoms with van der Waals surface area (Å²) in [7, 11) is 3.02. The first kappa shape index (κ1) is 31.7. The molecule has 33 heavy (non-hydrogen) atoms. The van der Waals surface area contributed by atoms with Gasteiger partial charge in [0.15, 0.2) is 0 Å². The van der Waals surface area contributed by atoms with Crippen LogP contribution in [0.2, 0.25) is 0 Å². The van der Waals surface area contributed by atoms with Crippen molar-refractivity contribution in [2.24, 2.45) is 0 Å². The zero-order valence-corrected chi connectivity index (χ0v) is 21.8. The number of rotatable bonds is 7. The molecule has 1 aromatic carbocycles. The standard InChI is InChI=1S/C11H11F3NO4S.C10H22N2.Pd/c1-2-19-10(16)8-15(9-6-4-3-5-7-9)20(17,18)11(12,13)14;1-11(2)9-7-5-6-8-10(9)12(3)4;/h3-7,16H,2H2,1H3;9-10H,5-8H2,1-4H3;/q-1;;+2/p-1/t;9-,10-;/m.1./s1. The summed E-state index contributed by atoms with van der Waals surface area (Å²) in [5.74, 6) is -1.32. The van der Waals surface area contributed by atoms with Gasteiger partial charge in [-0.05, 0) is 53.6 Å². The van der Waals surface area contributed by atoms with Gasteiger partial charge >= 0.3 is 36.0 Å². The molecule has 0 aromatic heterocycles. The molecule has 1 fully saturated rings. The molecule has 0 aliphatic heterocycles. The number of alkyl halides is 3. The summed E-state index contributed by atoms with van der Waals surface area (Å²) in [6.07, 6.45) is 7.11. The van der Waals surface area contributed by atoms with E-state index < -0.39 is 21.5 Å². The molecule has 1 aliphatic rings. The third-order valence-electron chi connectivity index (χ3n) is 5.01. The van der Waals surface area contributed by atoms with E-state index >= 15 is 0 Å². The average molecular weight is 586 g/mol. The van der Waals surface area contributed by atoms with E-state index in [9.17, 15) is 26.7 Å². The van der Waals surface area contributed by atoms with E-state index in [1.165, 1.54) is 50.8 Å². The molecule has 0 bridgehead atoms. The number of para-hydroxylation sites is 1. The average Bonchev–Trinajstić information content (AvgIpc) is 2.72. The molecule has 192 valence electrons. The first-order chi connectivity index (χ1) is 14.8. The van der Waals surface area contributed by atoms with Crippen LogP contribution in [0, 0.1) is 6.20 Å². The van der Waals surface area contributed by atoms with Gasteiger partial charge in [0.1, 0.15) is 0 Å². The van der Waals surface area contributed by atoms with Crippen LogP contribution < -0.4 is 9.41 Å². The summed E-state index contributed by atoms with van der Waals surface area (Å²) in [5, 5.41) is 11.2. The van der Waals surface area contributed by atoms with Crippen LogP contribution in [0.15, 0.2) is 36.3 Å². The Bertz CT molecular complexity index is 806. The molecule has 2 atom stereocenters. The van der Waals surface area contributed by atoms with Crippen molar-refractivity contribution in [1.82, 2.24) is 9.80 Å². The monoisotopic (exact) mass is 585 g/mol. The Hall–Kier alpha value is -1.32. The molecule has 0 heterocycles. The summed E-state index contributed by atoms with van der Waals surface area (Å²) in [6.45, 7) is 1.30. The van der Waals surface area contributed by atoms with E-state index in [-0.39, 0.29) is 37.0 Å². The summed E-state index contributed by atoms with van der Waals surface area (Å²) < 4.78 is 64.7. The Labute approximate surface area is 208 Å². The van der Waals surface area contributed by atoms with Crippen LogP contribution in [0.4, 0.5) is 18.9 Å². The normalized spacial score (nSPS) is 19.4. The molecule has 0 N–H and O–H groups in total. The topological polar surface area (TPSA) is 76.1 Å². The first-order valence-electron chi connectivity index (χ1n) is 10.3. The van der Waals surface area contributed by atoms with Crippen molar-refractivity contribution in [3.8, 4) is 0 Å². The van der Waals surface area contributed by atoms with Gasteiger partial charge < -0.3 is 23.9 Å². The predicted molar refractivity (Wildman–Crippen MR) is 116 cm³/mol. The minimum absolute atomic E-state index is 0. The van der Waals surface area contributed by atoms with Gasteiger partial charge in [-0.2, -0.15) is 21.6 Å². The van der Waals surface area contributed by atoms with Crippen molar-refractivity contribution < 1.29 is 51.9 Å². The molecular weight excluding hydrogens is 554 g/mol. The van der Waals surface area contributed by atoms with Crippen molar-refractivity contribution >= 4 is 15.7 Å². The number of ether oxygens (including phenoxy) is 1. The molecule has 0 radical (unpaired) electrons. The Morgan fingerprint density at radius 2 is 1.52 bits per heavy atom. The number of halogens is 3. The Morgan fingerprint density at radius 3 is 1.88 bits per heavy atom. The maximum absolute atomic E-state index is 12.6. The number of nitrogens with zero attached hydrogens (tertiary/aromatic N) is 3. The van der Waals surface area contributed by atoms with Crippen molar-refractivity contribution in [3.05, 3.63) is 42.5 Å². The number of benzene rings is 1. The quantitative estimate of drug-likeness (QED) is 0.212. The smallest absolute Gasteiger partial charge is 0.628 e. The van der Waals surface area contributed by atoms with Crippen molar-refractivity contribution in [2.45, 2.75) is 50.2 Å². The second-order valence-corrected chi connectivity index (χ2v) is 9.51. The van der Waals surface area contributed by atoms with Gasteiger partial charge in [-0.1, -0.05) is 43.7 Å². The third-order valence-corrected chi connectivity index (χ3v) is 6.38. The van der Waals surface area contributed by atoms with Crippen molar-refractivity contribution in [1.29, 1.82) is 0 Å². The molecular formula is C21H32F3N3O4PdS. The molecule has 7 nitrogen and oxygen atoms in total. The van der Waals surface area contributed by atoms with E-state index in [0.29, 0.717) is 0 Å². The van der Waals surface area contributed by atoms with E-state index in [0.717, 1.165) is 24.2 Å². The zero-order chi connectivity index (χ0) is 24.5. The second kappa shape index (κ2) is 14.2. The fourth-order valence-corrected chi connectivity index (χ4v) is 4.27. The maximum Gasteiger partial charge on any atom is 2.00 e. The molecule has 0 unspecified atom stereocenters. The molecule has 1 aliphatic carbocycles. The zero-order valence-electron chi connectivity index (χ0n) is 19.4. The van der Waals surface area contributed by atoms with E-state index in [2.05, 4.69) is 42.7 Å². The number of sulfonamides is 1. The summed E-state index contributed by atoms with van der Waals surface area (Å²) >= 11 is 0. The number of likely N-dealkylation sites (N-methyl/N-ethyl adjacent to an activating group) is 2. The molecule has 1 aromatic rings. The van der Waals surface area contributed by atoms with Crippen LogP contribution in [0.5, 0.6) is 0 Å². The van der Waals surface area contributed by atoms with Crippen LogP contribution in [-0.4, -0.2) is 70.6 Å². The van der Waals surface area contributed by atoms with Gasteiger partial charge in [0.05, 0.1) is 0 Å². The van der Waals surface area contributed by atoms with Crippen LogP contribution in [0.25, 0.3) is 0 Å². The van der Waals surface area contributed by atoms with E-state index in [1.807, 2.05) is 0 Å². The minimum Gasteiger partial charge on any atom is -0.628 e. The third kappa shape index (κ3) is 9.45. The fraction of sp³-hybridized carbons (Fsp3) is 0.619. The van der Waals surface area contributed by atoms with Gasteiger partial charge in [0.25, 0.3) is 0 Å². The largest absolute Gasteiger partial charge is 2.00 e. The fourth-order valence-electron chi connectivity index (χ4n) is 3.47. The first-order valence-corrected chi connectivity index (χ1v) is 11.7. The molecule has 0 saturated heterocycles. The van der Waals surface area contributed by atoms with Crippen LogP contribution in [-0.2, 0) is 35.2 Å². The summed E-state index contributed by atoms with van der Waals surface area (Å²) in [6, 6.07) is 7.85. The Kier molecular flexibility index (Phi) is 13.6. The maximum atomic E-state index is 12.6. The molecule has 1 saturated carbocycles. The number of hydrogen-bond acceptors (Lipinski definition) is 6. The molecule has 0 spiro atoms. The van der Waals surface area contributed by atoms with Crippen LogP contribution >= 0.6 is 0 Å². The van der Waals surface area contributed by atoms with E-state index in [1.54, 1.807) is 6.20 Å². The Morgan fingerprint density at radius 1 is 1.06 bits per heavy atom. The number of anilines is 1. The van der Waals surface area contributed by atoms with Gasteiger partial charge in [-0.25, -0.2) is 0 Å². The van der Waals surface area contributed by atoms with Gasteiger partial charge in [0.2, 0.25) is 0 Å². The van der Waals surface area contributed by atoms with Crippen molar-refractivity contribution in [2.75, 3.05) is 39.1 Å². The van der Waals surface area contributed by atoms with Gasteiger partial charge in [0, 0.05) is 12.1 Å². The van der Waals surface area contributed by atoms with Gasteiger partial charge in [-0.15, -0.1) is 18.3 Å². The molecule has 12 heteroatoms. The number of hydrogen-bond donors (Lipinski definition) is 0. The summed E-state index contributed by atoms with van der Waals surface area (Å²) in [5.41, 5.74) is -5.94. The van der Waals surface area contributed by atoms with Crippen LogP contribution in [0.3, 0.4) is 0 Å². The predicted octanol–water partition coefficient (Wildman–Crippen LogP) is 2.76. The molecule has 0 amide bonds. The van der Waals surface area contributed by atoms with Crippen LogP contribution in [0.1, 0.15) is 32.6 Å². The second-order valence-electron chi connectivity index (χ2n) is 7.73. The molecule has 2 rings (SSSR count). The van der Waals surface area contributed by atoms with E-state index in [4.69, 9.17) is 0 Å². The Balaban J connectivity index is 0.000000675. The van der Waals surface area contributed by atoms with Gasteiger partial charge in [-0.3, -0.25) is 0 Å². The SMILES string of the molecule is CCOC([O-])=[C-]N(c1ccccc1)S(=O)(=O)C(F)(F)F.CN(C)[C@@H]1CCCC[C@H]1N(C)C.[Pd+2]. The van der Waals surface area contributed by atoms with Crippen molar-refractivity contribution in [3.63, 3.8) is 0 Å². The summed E-state index contributed by atoms with van der Waals surface area (Å²) in [4.78, 5) is 4.76. The minimum atomic E-state index is -5.78.